The van der Waals surface area contributed by atoms with Gasteiger partial charge in [0.1, 0.15) is 30.0 Å². The molecule has 1 aromatic carbocycles. The summed E-state index contributed by atoms with van der Waals surface area (Å²) in [6.07, 6.45) is 0.443. The van der Waals surface area contributed by atoms with Crippen molar-refractivity contribution in [2.24, 2.45) is 0 Å². The van der Waals surface area contributed by atoms with Gasteiger partial charge in [-0.25, -0.2) is 4.79 Å². The number of phenols is 1. The number of nitrogens with one attached hydrogen (secondary N) is 2. The molecule has 34 heavy (non-hydrogen) atoms. The SMILES string of the molecule is C=CCN(C(=O)C(CO)NC(=O)OC(C)(C)C)C(C(=O)NCC(=O)OC)c1ccc(O)c(C)c1. The molecule has 0 heterocycles. The molecule has 0 aliphatic heterocycles. The van der Waals surface area contributed by atoms with Crippen LogP contribution in [0.15, 0.2) is 30.9 Å². The van der Waals surface area contributed by atoms with Gasteiger partial charge < -0.3 is 35.2 Å². The zero-order valence-corrected chi connectivity index (χ0v) is 20.1. The van der Waals surface area contributed by atoms with Gasteiger partial charge in [-0.3, -0.25) is 14.4 Å². The Morgan fingerprint density at radius 2 is 1.88 bits per heavy atom. The van der Waals surface area contributed by atoms with E-state index in [0.717, 1.165) is 12.0 Å². The van der Waals surface area contributed by atoms with Gasteiger partial charge in [0.05, 0.1) is 13.7 Å². The van der Waals surface area contributed by atoms with Gasteiger partial charge in [-0.1, -0.05) is 12.1 Å². The summed E-state index contributed by atoms with van der Waals surface area (Å²) >= 11 is 0. The van der Waals surface area contributed by atoms with Gasteiger partial charge in [0.15, 0.2) is 0 Å². The molecule has 4 N–H and O–H groups in total. The average molecular weight is 480 g/mol. The van der Waals surface area contributed by atoms with Gasteiger partial charge >= 0.3 is 12.1 Å². The molecule has 2 unspecified atom stereocenters. The maximum Gasteiger partial charge on any atom is 0.408 e. The predicted molar refractivity (Wildman–Crippen MR) is 123 cm³/mol. The first-order chi connectivity index (χ1) is 15.8. The van der Waals surface area contributed by atoms with E-state index in [0.29, 0.717) is 11.1 Å². The second kappa shape index (κ2) is 12.6. The number of aliphatic hydroxyl groups excluding tert-OH is 1. The third-order valence-electron chi connectivity index (χ3n) is 4.51. The van der Waals surface area contributed by atoms with E-state index < -0.39 is 54.7 Å². The molecular formula is C23H33N3O8. The molecule has 0 saturated heterocycles. The largest absolute Gasteiger partial charge is 0.508 e. The van der Waals surface area contributed by atoms with Gasteiger partial charge in [-0.05, 0) is 51.0 Å². The number of amides is 3. The van der Waals surface area contributed by atoms with Crippen molar-refractivity contribution in [1.82, 2.24) is 15.5 Å². The number of benzene rings is 1. The lowest BCUT2D eigenvalue weighted by Crippen LogP contribution is -2.54. The summed E-state index contributed by atoms with van der Waals surface area (Å²) in [6.45, 7) is 8.80. The van der Waals surface area contributed by atoms with E-state index in [1.807, 2.05) is 0 Å². The summed E-state index contributed by atoms with van der Waals surface area (Å²) in [5.41, 5.74) is -0.0740. The summed E-state index contributed by atoms with van der Waals surface area (Å²) in [7, 11) is 1.16. The highest BCUT2D eigenvalue weighted by Gasteiger charge is 2.36. The first-order valence-corrected chi connectivity index (χ1v) is 10.5. The molecule has 11 nitrogen and oxygen atoms in total. The lowest BCUT2D eigenvalue weighted by Gasteiger charge is -2.33. The molecule has 11 heteroatoms. The average Bonchev–Trinajstić information content (AvgIpc) is 2.76. The molecule has 1 rings (SSSR count). The first kappa shape index (κ1) is 28.4. The van der Waals surface area contributed by atoms with E-state index in [1.165, 1.54) is 24.3 Å². The summed E-state index contributed by atoms with van der Waals surface area (Å²) in [5.74, 6) is -2.23. The number of aromatic hydroxyl groups is 1. The second-order valence-electron chi connectivity index (χ2n) is 8.40. The third kappa shape index (κ3) is 8.39. The minimum atomic E-state index is -1.43. The van der Waals surface area contributed by atoms with Crippen LogP contribution < -0.4 is 10.6 Å². The van der Waals surface area contributed by atoms with Gasteiger partial charge in [0.2, 0.25) is 11.8 Å². The molecule has 0 fully saturated rings. The van der Waals surface area contributed by atoms with Crippen LogP contribution in [-0.4, -0.2) is 77.4 Å². The van der Waals surface area contributed by atoms with Crippen molar-refractivity contribution >= 4 is 23.9 Å². The Bertz CT molecular complexity index is 910. The number of aliphatic hydroxyl groups is 1. The standard InChI is InChI=1S/C23H33N3O8/c1-7-10-26(21(31)16(13-27)25-22(32)34-23(3,4)5)19(20(30)24-12-18(29)33-6)15-8-9-17(28)14(2)11-15/h7-9,11,16,19,27-28H,1,10,12-13H2,2-6H3,(H,24,30)(H,25,32). The van der Waals surface area contributed by atoms with E-state index in [-0.39, 0.29) is 12.3 Å². The molecule has 0 spiro atoms. The molecule has 2 atom stereocenters. The number of esters is 1. The fraction of sp³-hybridized carbons (Fsp3) is 0.478. The van der Waals surface area contributed by atoms with E-state index in [1.54, 1.807) is 27.7 Å². The van der Waals surface area contributed by atoms with E-state index in [9.17, 15) is 29.4 Å². The van der Waals surface area contributed by atoms with Crippen molar-refractivity contribution < 1.29 is 38.9 Å². The Labute approximate surface area is 198 Å². The number of alkyl carbamates (subject to hydrolysis) is 1. The Morgan fingerprint density at radius 3 is 2.38 bits per heavy atom. The minimum Gasteiger partial charge on any atom is -0.508 e. The number of ether oxygens (including phenoxy) is 2. The maximum atomic E-state index is 13.4. The van der Waals surface area contributed by atoms with Crippen molar-refractivity contribution in [3.8, 4) is 5.75 Å². The molecule has 0 saturated carbocycles. The van der Waals surface area contributed by atoms with Gasteiger partial charge in [-0.2, -0.15) is 0 Å². The smallest absolute Gasteiger partial charge is 0.408 e. The molecular weight excluding hydrogens is 446 g/mol. The highest BCUT2D eigenvalue weighted by Crippen LogP contribution is 2.27. The Hall–Kier alpha value is -3.60. The number of carbonyl (C=O) groups excluding carboxylic acids is 4. The number of phenolic OH excluding ortho intramolecular Hbond substituents is 1. The highest BCUT2D eigenvalue weighted by atomic mass is 16.6. The molecule has 3 amide bonds. The van der Waals surface area contributed by atoms with Crippen LogP contribution in [0, 0.1) is 6.92 Å². The first-order valence-electron chi connectivity index (χ1n) is 10.5. The third-order valence-corrected chi connectivity index (χ3v) is 4.51. The number of aryl methyl sites for hydroxylation is 1. The fourth-order valence-electron chi connectivity index (χ4n) is 2.95. The van der Waals surface area contributed by atoms with Crippen LogP contribution in [0.2, 0.25) is 0 Å². The number of hydrogen-bond acceptors (Lipinski definition) is 8. The van der Waals surface area contributed by atoms with Crippen LogP contribution in [0.5, 0.6) is 5.75 Å². The molecule has 0 aliphatic carbocycles. The number of nitrogens with zero attached hydrogens (tertiary/aromatic N) is 1. The van der Waals surface area contributed by atoms with Crippen LogP contribution >= 0.6 is 0 Å². The lowest BCUT2D eigenvalue weighted by molar-refractivity contribution is -0.144. The topological polar surface area (TPSA) is 154 Å². The molecule has 188 valence electrons. The van der Waals surface area contributed by atoms with Gasteiger partial charge in [-0.15, -0.1) is 6.58 Å². The minimum absolute atomic E-state index is 0.0149. The normalized spacial score (nSPS) is 12.6. The Kier molecular flexibility index (Phi) is 10.5. The summed E-state index contributed by atoms with van der Waals surface area (Å²) in [5, 5.41) is 24.4. The van der Waals surface area contributed by atoms with Crippen molar-refractivity contribution in [2.45, 2.75) is 45.4 Å². The fourth-order valence-corrected chi connectivity index (χ4v) is 2.95. The lowest BCUT2D eigenvalue weighted by atomic mass is 10.00. The van der Waals surface area contributed by atoms with Crippen molar-refractivity contribution in [2.75, 3.05) is 26.8 Å². The maximum absolute atomic E-state index is 13.4. The quantitative estimate of drug-likeness (QED) is 0.285. The zero-order valence-electron chi connectivity index (χ0n) is 20.1. The highest BCUT2D eigenvalue weighted by molar-refractivity contribution is 5.93. The van der Waals surface area contributed by atoms with Crippen molar-refractivity contribution in [3.05, 3.63) is 42.0 Å². The van der Waals surface area contributed by atoms with Crippen LogP contribution in [0.3, 0.4) is 0 Å². The van der Waals surface area contributed by atoms with E-state index in [2.05, 4.69) is 21.9 Å². The zero-order chi connectivity index (χ0) is 26.1. The molecule has 0 radical (unpaired) electrons. The number of rotatable bonds is 10. The number of methoxy groups -OCH3 is 1. The van der Waals surface area contributed by atoms with Crippen LogP contribution in [0.25, 0.3) is 0 Å². The molecule has 1 aromatic rings. The van der Waals surface area contributed by atoms with Crippen molar-refractivity contribution in [1.29, 1.82) is 0 Å². The van der Waals surface area contributed by atoms with E-state index in [4.69, 9.17) is 4.74 Å². The van der Waals surface area contributed by atoms with Gasteiger partial charge in [0, 0.05) is 6.54 Å². The Balaban J connectivity index is 3.37. The van der Waals surface area contributed by atoms with Crippen LogP contribution in [0.1, 0.15) is 37.9 Å². The number of carbonyl (C=O) groups is 4. The van der Waals surface area contributed by atoms with Crippen molar-refractivity contribution in [3.63, 3.8) is 0 Å². The van der Waals surface area contributed by atoms with Crippen LogP contribution in [-0.2, 0) is 23.9 Å². The Morgan fingerprint density at radius 1 is 1.24 bits per heavy atom. The molecule has 0 aromatic heterocycles. The molecule has 0 bridgehead atoms. The summed E-state index contributed by atoms with van der Waals surface area (Å²) in [6, 6.07) is 1.61. The predicted octanol–water partition coefficient (Wildman–Crippen LogP) is 0.931. The summed E-state index contributed by atoms with van der Waals surface area (Å²) < 4.78 is 9.69. The number of hydrogen-bond donors (Lipinski definition) is 4. The van der Waals surface area contributed by atoms with Crippen LogP contribution in [0.4, 0.5) is 4.79 Å². The van der Waals surface area contributed by atoms with E-state index >= 15 is 0 Å². The molecule has 0 aliphatic rings. The second-order valence-corrected chi connectivity index (χ2v) is 8.40. The monoisotopic (exact) mass is 479 g/mol. The summed E-state index contributed by atoms with van der Waals surface area (Å²) in [4.78, 5) is 51.3. The van der Waals surface area contributed by atoms with Gasteiger partial charge in [0.25, 0.3) is 0 Å².